The van der Waals surface area contributed by atoms with Crippen LogP contribution in [0.3, 0.4) is 0 Å². The summed E-state index contributed by atoms with van der Waals surface area (Å²) in [6.07, 6.45) is 1.86. The van der Waals surface area contributed by atoms with Crippen LogP contribution in [0.1, 0.15) is 5.56 Å². The Morgan fingerprint density at radius 1 is 1.31 bits per heavy atom. The fourth-order valence-corrected chi connectivity index (χ4v) is 1.04. The van der Waals surface area contributed by atoms with Gasteiger partial charge in [-0.3, -0.25) is 4.57 Å². The molecule has 0 spiro atoms. The fraction of sp³-hybridized carbons (Fsp3) is 0. The van der Waals surface area contributed by atoms with E-state index in [0.717, 1.165) is 27.9 Å². The number of hydrogen-bond donors (Lipinski definition) is 2. The Balaban J connectivity index is 0.000000310. The van der Waals surface area contributed by atoms with Gasteiger partial charge in [0.15, 0.2) is 0 Å². The summed E-state index contributed by atoms with van der Waals surface area (Å²) in [7, 11) is -3.13. The maximum Gasteiger partial charge on any atom is 0.314 e. The summed E-state index contributed by atoms with van der Waals surface area (Å²) in [6.45, 7) is 3.67. The van der Waals surface area contributed by atoms with Gasteiger partial charge in [0.05, 0.1) is 0 Å². The van der Waals surface area contributed by atoms with E-state index in [1.54, 1.807) is 0 Å². The van der Waals surface area contributed by atoms with E-state index in [-0.39, 0.29) is 0 Å². The minimum Gasteiger partial charge on any atom is -0.326 e. The molecule has 0 atom stereocenters. The molecular weight excluding hydrogens is 198 g/mol. The van der Waals surface area contributed by atoms with Crippen molar-refractivity contribution in [2.24, 2.45) is 0 Å². The van der Waals surface area contributed by atoms with Gasteiger partial charge in [-0.1, -0.05) is 0 Å². The quantitative estimate of drug-likeness (QED) is 0.521. The first-order valence-corrected chi connectivity index (χ1v) is 5.97. The Bertz CT molecular complexity index is 280. The molecule has 0 saturated carbocycles. The van der Waals surface area contributed by atoms with Gasteiger partial charge in [0.2, 0.25) is 0 Å². The zero-order chi connectivity index (χ0) is 10.3. The van der Waals surface area contributed by atoms with Crippen LogP contribution in [0.4, 0.5) is 0 Å². The predicted octanol–water partition coefficient (Wildman–Crippen LogP) is 0.484. The summed E-state index contributed by atoms with van der Waals surface area (Å²) in [4.78, 5) is 14.3. The second-order valence-corrected chi connectivity index (χ2v) is 4.12. The average Bonchev–Trinajstić information content (AvgIpc) is 2.05. The molecular formula is C8H10NaO3P. The van der Waals surface area contributed by atoms with Crippen LogP contribution in [0.25, 0.3) is 6.08 Å². The molecule has 1 rings (SSSR count). The van der Waals surface area contributed by atoms with Crippen LogP contribution >= 0.6 is 8.25 Å². The predicted molar refractivity (Wildman–Crippen MR) is 55.4 cm³/mol. The van der Waals surface area contributed by atoms with E-state index < -0.39 is 8.25 Å². The smallest absolute Gasteiger partial charge is 0.314 e. The third-order valence-corrected chi connectivity index (χ3v) is 1.98. The SMILES string of the molecule is C=Cc1cc[c]([Na])cc1.O=[PH](O)O. The molecule has 0 heterocycles. The minimum absolute atomic E-state index is 1.14. The molecule has 0 radical (unpaired) electrons. The van der Waals surface area contributed by atoms with Crippen molar-refractivity contribution in [1.82, 2.24) is 0 Å². The van der Waals surface area contributed by atoms with Crippen molar-refractivity contribution in [3.05, 3.63) is 36.4 Å². The first kappa shape index (κ1) is 13.1. The van der Waals surface area contributed by atoms with Gasteiger partial charge in [-0.2, -0.15) is 0 Å². The molecule has 0 aliphatic rings. The van der Waals surface area contributed by atoms with Crippen LogP contribution in [0.5, 0.6) is 0 Å². The Morgan fingerprint density at radius 3 is 2.00 bits per heavy atom. The first-order valence-electron chi connectivity index (χ1n) is 3.67. The van der Waals surface area contributed by atoms with Crippen molar-refractivity contribution >= 4 is 45.1 Å². The van der Waals surface area contributed by atoms with E-state index in [0.29, 0.717) is 0 Å². The standard InChI is InChI=1S/C8H7.Na.H3O3P/c1-2-8-6-4-3-5-7-8;;1-4(2)3/h2,4-7H,1H2;;4H,(H2,1,2,3). The van der Waals surface area contributed by atoms with Crippen molar-refractivity contribution in [2.75, 3.05) is 0 Å². The maximum atomic E-state index is 8.74. The molecule has 0 aromatic heterocycles. The molecule has 0 aliphatic carbocycles. The summed E-state index contributed by atoms with van der Waals surface area (Å²) >= 11 is 1.14. The number of rotatable bonds is 1. The Labute approximate surface area is 95.5 Å². The van der Waals surface area contributed by atoms with Crippen molar-refractivity contribution in [3.8, 4) is 0 Å². The van der Waals surface area contributed by atoms with E-state index in [4.69, 9.17) is 14.4 Å². The van der Waals surface area contributed by atoms with Crippen LogP contribution in [0.2, 0.25) is 0 Å². The van der Waals surface area contributed by atoms with Crippen LogP contribution in [0.15, 0.2) is 30.8 Å². The summed E-state index contributed by atoms with van der Waals surface area (Å²) < 4.78 is 10.2. The molecule has 1 aromatic carbocycles. The van der Waals surface area contributed by atoms with Crippen LogP contribution in [-0.2, 0) is 4.57 Å². The van der Waals surface area contributed by atoms with Gasteiger partial charge in [0, 0.05) is 0 Å². The zero-order valence-corrected chi connectivity index (χ0v) is 10.4. The van der Waals surface area contributed by atoms with Crippen LogP contribution in [-0.4, -0.2) is 37.7 Å². The first-order chi connectivity index (χ1) is 6.06. The summed E-state index contributed by atoms with van der Waals surface area (Å²) in [6, 6.07) is 8.47. The molecule has 5 heteroatoms. The molecule has 1 aromatic rings. The van der Waals surface area contributed by atoms with Gasteiger partial charge in [0.25, 0.3) is 0 Å². The van der Waals surface area contributed by atoms with E-state index in [1.807, 2.05) is 6.08 Å². The fourth-order valence-electron chi connectivity index (χ4n) is 0.703. The van der Waals surface area contributed by atoms with E-state index >= 15 is 0 Å². The van der Waals surface area contributed by atoms with Gasteiger partial charge >= 0.3 is 81.5 Å². The molecule has 0 amide bonds. The van der Waals surface area contributed by atoms with Gasteiger partial charge in [0.1, 0.15) is 0 Å². The largest absolute Gasteiger partial charge is 0.326 e. The molecule has 0 fully saturated rings. The summed E-state index contributed by atoms with van der Waals surface area (Å²) in [5, 5.41) is 0. The Kier molecular flexibility index (Phi) is 7.57. The molecule has 2 N–H and O–H groups in total. The maximum absolute atomic E-state index is 8.74. The normalized spacial score (nSPS) is 9.00. The molecule has 0 saturated heterocycles. The van der Waals surface area contributed by atoms with E-state index in [2.05, 4.69) is 30.8 Å². The molecule has 3 nitrogen and oxygen atoms in total. The molecule has 0 aliphatic heterocycles. The number of hydrogen-bond acceptors (Lipinski definition) is 1. The van der Waals surface area contributed by atoms with Gasteiger partial charge in [-0.25, -0.2) is 0 Å². The second kappa shape index (κ2) is 7.51. The third kappa shape index (κ3) is 8.44. The van der Waals surface area contributed by atoms with Gasteiger partial charge < -0.3 is 9.79 Å². The van der Waals surface area contributed by atoms with Crippen molar-refractivity contribution in [2.45, 2.75) is 0 Å². The zero-order valence-electron chi connectivity index (χ0n) is 7.40. The minimum atomic E-state index is -3.13. The third-order valence-electron chi connectivity index (χ3n) is 1.31. The summed E-state index contributed by atoms with van der Waals surface area (Å²) in [5.41, 5.74) is 1.20. The molecule has 0 bridgehead atoms. The Hall–Kier alpha value is 0.110. The summed E-state index contributed by atoms with van der Waals surface area (Å²) in [5.74, 6) is 0. The van der Waals surface area contributed by atoms with Crippen molar-refractivity contribution in [3.63, 3.8) is 0 Å². The van der Waals surface area contributed by atoms with E-state index in [1.165, 1.54) is 8.38 Å². The molecule has 66 valence electrons. The van der Waals surface area contributed by atoms with E-state index in [9.17, 15) is 0 Å². The van der Waals surface area contributed by atoms with Crippen LogP contribution < -0.4 is 2.81 Å². The van der Waals surface area contributed by atoms with Crippen LogP contribution in [0, 0.1) is 0 Å². The monoisotopic (exact) mass is 208 g/mol. The topological polar surface area (TPSA) is 57.5 Å². The van der Waals surface area contributed by atoms with Crippen molar-refractivity contribution < 1.29 is 14.4 Å². The van der Waals surface area contributed by atoms with Gasteiger partial charge in [-0.15, -0.1) is 0 Å². The molecule has 0 unspecified atom stereocenters. The molecule has 13 heavy (non-hydrogen) atoms. The Morgan fingerprint density at radius 2 is 1.69 bits per heavy atom. The second-order valence-electron chi connectivity index (χ2n) is 2.40. The van der Waals surface area contributed by atoms with Crippen molar-refractivity contribution in [1.29, 1.82) is 0 Å². The van der Waals surface area contributed by atoms with Gasteiger partial charge in [-0.05, 0) is 0 Å². The average molecular weight is 208 g/mol. The number of benzene rings is 1.